The number of halogens is 1. The number of guanidine groups is 1. The van der Waals surface area contributed by atoms with Crippen molar-refractivity contribution < 1.29 is 4.74 Å². The third-order valence-electron chi connectivity index (χ3n) is 2.93. The molecule has 5 heteroatoms. The van der Waals surface area contributed by atoms with E-state index in [4.69, 9.17) is 10.5 Å². The molecule has 0 atom stereocenters. The first-order chi connectivity index (χ1) is 9.79. The van der Waals surface area contributed by atoms with Gasteiger partial charge in [-0.25, -0.2) is 0 Å². The number of nitrogens with one attached hydrogen (secondary N) is 1. The quantitative estimate of drug-likeness (QED) is 0.340. The SMILES string of the molecule is CCNC(N)=NCCCOc1ccc2ccccc2c1.I. The van der Waals surface area contributed by atoms with Crippen LogP contribution >= 0.6 is 24.0 Å². The molecule has 0 aromatic heterocycles. The fraction of sp³-hybridized carbons (Fsp3) is 0.312. The first-order valence-corrected chi connectivity index (χ1v) is 6.95. The molecule has 0 aliphatic heterocycles. The molecule has 0 unspecified atom stereocenters. The molecule has 2 aromatic rings. The van der Waals surface area contributed by atoms with Crippen LogP contribution in [0.25, 0.3) is 10.8 Å². The van der Waals surface area contributed by atoms with Crippen LogP contribution in [0.3, 0.4) is 0 Å². The molecular formula is C16H22IN3O. The van der Waals surface area contributed by atoms with Crippen molar-refractivity contribution in [1.82, 2.24) is 5.32 Å². The third kappa shape index (κ3) is 5.79. The summed E-state index contributed by atoms with van der Waals surface area (Å²) < 4.78 is 5.73. The highest BCUT2D eigenvalue weighted by molar-refractivity contribution is 14.0. The number of fused-ring (bicyclic) bond motifs is 1. The van der Waals surface area contributed by atoms with E-state index in [-0.39, 0.29) is 24.0 Å². The minimum atomic E-state index is 0. The minimum Gasteiger partial charge on any atom is -0.494 e. The molecule has 0 fully saturated rings. The number of hydrogen-bond acceptors (Lipinski definition) is 2. The van der Waals surface area contributed by atoms with Crippen LogP contribution < -0.4 is 15.8 Å². The van der Waals surface area contributed by atoms with E-state index < -0.39 is 0 Å². The summed E-state index contributed by atoms with van der Waals surface area (Å²) in [7, 11) is 0. The fourth-order valence-electron chi connectivity index (χ4n) is 1.95. The predicted octanol–water partition coefficient (Wildman–Crippen LogP) is 3.15. The summed E-state index contributed by atoms with van der Waals surface area (Å²) in [4.78, 5) is 4.20. The van der Waals surface area contributed by atoms with E-state index in [9.17, 15) is 0 Å². The van der Waals surface area contributed by atoms with Crippen LogP contribution in [0, 0.1) is 0 Å². The number of aliphatic imine (C=N–C) groups is 1. The van der Waals surface area contributed by atoms with Crippen LogP contribution in [0.4, 0.5) is 0 Å². The fourth-order valence-corrected chi connectivity index (χ4v) is 1.95. The Bertz CT molecular complexity index is 586. The molecule has 0 bridgehead atoms. The van der Waals surface area contributed by atoms with Crippen LogP contribution in [0.5, 0.6) is 5.75 Å². The van der Waals surface area contributed by atoms with Crippen LogP contribution in [0.1, 0.15) is 13.3 Å². The molecule has 21 heavy (non-hydrogen) atoms. The van der Waals surface area contributed by atoms with Gasteiger partial charge in [-0.2, -0.15) is 0 Å². The molecule has 0 saturated heterocycles. The second kappa shape index (κ2) is 9.44. The molecule has 114 valence electrons. The maximum absolute atomic E-state index is 5.73. The van der Waals surface area contributed by atoms with Gasteiger partial charge < -0.3 is 15.8 Å². The molecule has 4 nitrogen and oxygen atoms in total. The van der Waals surface area contributed by atoms with Crippen molar-refractivity contribution in [3.05, 3.63) is 42.5 Å². The molecule has 0 saturated carbocycles. The van der Waals surface area contributed by atoms with Gasteiger partial charge in [0, 0.05) is 19.5 Å². The van der Waals surface area contributed by atoms with Gasteiger partial charge in [0.1, 0.15) is 5.75 Å². The highest BCUT2D eigenvalue weighted by Gasteiger charge is 1.97. The van der Waals surface area contributed by atoms with Crippen LogP contribution in [-0.2, 0) is 0 Å². The maximum atomic E-state index is 5.73. The van der Waals surface area contributed by atoms with Crippen molar-refractivity contribution in [3.8, 4) is 5.75 Å². The van der Waals surface area contributed by atoms with Gasteiger partial charge in [0.05, 0.1) is 6.61 Å². The minimum absolute atomic E-state index is 0. The topological polar surface area (TPSA) is 59.6 Å². The first kappa shape index (κ1) is 17.6. The van der Waals surface area contributed by atoms with Gasteiger partial charge in [-0.3, -0.25) is 4.99 Å². The Hall–Kier alpha value is -1.50. The first-order valence-electron chi connectivity index (χ1n) is 6.95. The van der Waals surface area contributed by atoms with Crippen molar-refractivity contribution in [2.45, 2.75) is 13.3 Å². The van der Waals surface area contributed by atoms with Gasteiger partial charge in [-0.05, 0) is 29.8 Å². The second-order valence-electron chi connectivity index (χ2n) is 4.51. The molecule has 0 aliphatic carbocycles. The Kier molecular flexibility index (Phi) is 7.89. The molecule has 3 N–H and O–H groups in total. The Morgan fingerprint density at radius 3 is 2.71 bits per heavy atom. The van der Waals surface area contributed by atoms with E-state index in [0.717, 1.165) is 18.7 Å². The summed E-state index contributed by atoms with van der Waals surface area (Å²) in [6.45, 7) is 4.10. The van der Waals surface area contributed by atoms with Gasteiger partial charge in [0.15, 0.2) is 5.96 Å². The third-order valence-corrected chi connectivity index (χ3v) is 2.93. The average Bonchev–Trinajstić information content (AvgIpc) is 2.47. The van der Waals surface area contributed by atoms with Gasteiger partial charge in [0.2, 0.25) is 0 Å². The van der Waals surface area contributed by atoms with Crippen molar-refractivity contribution >= 4 is 40.7 Å². The van der Waals surface area contributed by atoms with Gasteiger partial charge >= 0.3 is 0 Å². The Balaban J connectivity index is 0.00000220. The Morgan fingerprint density at radius 1 is 1.19 bits per heavy atom. The molecular weight excluding hydrogens is 377 g/mol. The molecule has 2 aromatic carbocycles. The zero-order chi connectivity index (χ0) is 14.2. The highest BCUT2D eigenvalue weighted by atomic mass is 127. The van der Waals surface area contributed by atoms with E-state index in [1.165, 1.54) is 10.8 Å². The van der Waals surface area contributed by atoms with E-state index in [1.807, 2.05) is 25.1 Å². The zero-order valence-electron chi connectivity index (χ0n) is 12.2. The largest absolute Gasteiger partial charge is 0.494 e. The van der Waals surface area contributed by atoms with Crippen molar-refractivity contribution in [2.75, 3.05) is 19.7 Å². The lowest BCUT2D eigenvalue weighted by Crippen LogP contribution is -2.31. The summed E-state index contributed by atoms with van der Waals surface area (Å²) >= 11 is 0. The molecule has 0 heterocycles. The number of nitrogens with zero attached hydrogens (tertiary/aromatic N) is 1. The lowest BCUT2D eigenvalue weighted by molar-refractivity contribution is 0.314. The Morgan fingerprint density at radius 2 is 1.95 bits per heavy atom. The Labute approximate surface area is 142 Å². The normalized spacial score (nSPS) is 11.0. The van der Waals surface area contributed by atoms with Crippen molar-refractivity contribution in [3.63, 3.8) is 0 Å². The smallest absolute Gasteiger partial charge is 0.188 e. The molecule has 0 aliphatic rings. The summed E-state index contributed by atoms with van der Waals surface area (Å²) in [6, 6.07) is 14.4. The summed E-state index contributed by atoms with van der Waals surface area (Å²) in [5, 5.41) is 5.38. The zero-order valence-corrected chi connectivity index (χ0v) is 14.5. The number of rotatable bonds is 6. The van der Waals surface area contributed by atoms with E-state index in [0.29, 0.717) is 19.1 Å². The van der Waals surface area contributed by atoms with Crippen LogP contribution in [0.15, 0.2) is 47.5 Å². The van der Waals surface area contributed by atoms with Gasteiger partial charge in [0.25, 0.3) is 0 Å². The predicted molar refractivity (Wildman–Crippen MR) is 99.6 cm³/mol. The number of benzene rings is 2. The summed E-state index contributed by atoms with van der Waals surface area (Å²) in [5.41, 5.74) is 5.64. The van der Waals surface area contributed by atoms with Crippen LogP contribution in [-0.4, -0.2) is 25.7 Å². The average molecular weight is 399 g/mol. The lowest BCUT2D eigenvalue weighted by Gasteiger charge is -2.07. The van der Waals surface area contributed by atoms with Gasteiger partial charge in [-0.15, -0.1) is 24.0 Å². The van der Waals surface area contributed by atoms with E-state index >= 15 is 0 Å². The highest BCUT2D eigenvalue weighted by Crippen LogP contribution is 2.20. The molecule has 0 radical (unpaired) electrons. The number of hydrogen-bond donors (Lipinski definition) is 2. The standard InChI is InChI=1S/C16H21N3O.HI/c1-2-18-16(17)19-10-5-11-20-15-9-8-13-6-3-4-7-14(13)12-15;/h3-4,6-9,12H,2,5,10-11H2,1H3,(H3,17,18,19);1H. The molecule has 0 spiro atoms. The second-order valence-corrected chi connectivity index (χ2v) is 4.51. The summed E-state index contributed by atoms with van der Waals surface area (Å²) in [5.74, 6) is 1.39. The van der Waals surface area contributed by atoms with E-state index in [2.05, 4.69) is 34.6 Å². The van der Waals surface area contributed by atoms with Crippen molar-refractivity contribution in [1.29, 1.82) is 0 Å². The maximum Gasteiger partial charge on any atom is 0.188 e. The molecule has 2 rings (SSSR count). The lowest BCUT2D eigenvalue weighted by atomic mass is 10.1. The van der Waals surface area contributed by atoms with E-state index in [1.54, 1.807) is 0 Å². The van der Waals surface area contributed by atoms with Gasteiger partial charge in [-0.1, -0.05) is 30.3 Å². The number of nitrogens with two attached hydrogens (primary N) is 1. The van der Waals surface area contributed by atoms with Crippen molar-refractivity contribution in [2.24, 2.45) is 10.7 Å². The summed E-state index contributed by atoms with van der Waals surface area (Å²) in [6.07, 6.45) is 0.846. The monoisotopic (exact) mass is 399 g/mol. The molecule has 0 amide bonds. The number of ether oxygens (including phenoxy) is 1. The van der Waals surface area contributed by atoms with Crippen LogP contribution in [0.2, 0.25) is 0 Å².